The summed E-state index contributed by atoms with van der Waals surface area (Å²) in [4.78, 5) is 0. The molecule has 4 atom stereocenters. The third-order valence-corrected chi connectivity index (χ3v) is 5.11. The van der Waals surface area contributed by atoms with Gasteiger partial charge in [0.1, 0.15) is 0 Å². The molecule has 0 heterocycles. The molecule has 2 fully saturated rings. The van der Waals surface area contributed by atoms with Gasteiger partial charge in [0.15, 0.2) is 0 Å². The lowest BCUT2D eigenvalue weighted by atomic mass is 9.62. The van der Waals surface area contributed by atoms with Gasteiger partial charge in [0.05, 0.1) is 0 Å². The largest absolute Gasteiger partial charge is 0.325 e. The summed E-state index contributed by atoms with van der Waals surface area (Å²) in [6.07, 6.45) is 11.0. The first-order valence-corrected chi connectivity index (χ1v) is 6.92. The molecule has 2 rings (SSSR count). The van der Waals surface area contributed by atoms with Crippen LogP contribution in [0.5, 0.6) is 0 Å². The van der Waals surface area contributed by atoms with Gasteiger partial charge in [-0.2, -0.15) is 0 Å². The van der Waals surface area contributed by atoms with Crippen molar-refractivity contribution < 1.29 is 0 Å². The molecular formula is C14H27N. The van der Waals surface area contributed by atoms with Gasteiger partial charge >= 0.3 is 0 Å². The molecule has 2 saturated carbocycles. The van der Waals surface area contributed by atoms with Crippen LogP contribution in [0.2, 0.25) is 0 Å². The molecule has 1 nitrogen and oxygen atoms in total. The van der Waals surface area contributed by atoms with E-state index in [1.807, 2.05) is 0 Å². The van der Waals surface area contributed by atoms with E-state index in [0.717, 1.165) is 17.8 Å². The molecule has 0 aliphatic heterocycles. The highest BCUT2D eigenvalue weighted by molar-refractivity contribution is 4.99. The van der Waals surface area contributed by atoms with Crippen molar-refractivity contribution in [2.24, 2.45) is 23.5 Å². The van der Waals surface area contributed by atoms with Crippen molar-refractivity contribution in [2.45, 2.75) is 70.8 Å². The molecule has 4 unspecified atom stereocenters. The maximum absolute atomic E-state index is 6.74. The standard InChI is InChI=1S/C14H27N/c1-11-6-5-8-13(10-11)14(15)9-4-3-7-12(14)2/h11-13H,3-10,15H2,1-2H3. The molecule has 0 amide bonds. The Balaban J connectivity index is 2.05. The summed E-state index contributed by atoms with van der Waals surface area (Å²) in [6.45, 7) is 4.79. The molecule has 0 radical (unpaired) electrons. The topological polar surface area (TPSA) is 26.0 Å². The quantitative estimate of drug-likeness (QED) is 0.700. The molecule has 0 aromatic heterocycles. The monoisotopic (exact) mass is 209 g/mol. The van der Waals surface area contributed by atoms with Crippen LogP contribution < -0.4 is 5.73 Å². The van der Waals surface area contributed by atoms with Gasteiger partial charge in [0.25, 0.3) is 0 Å². The van der Waals surface area contributed by atoms with Crippen LogP contribution >= 0.6 is 0 Å². The maximum atomic E-state index is 6.74. The Morgan fingerprint density at radius 2 is 1.80 bits per heavy atom. The number of hydrogen-bond donors (Lipinski definition) is 1. The lowest BCUT2D eigenvalue weighted by Crippen LogP contribution is -2.55. The summed E-state index contributed by atoms with van der Waals surface area (Å²) in [5.41, 5.74) is 6.93. The molecule has 15 heavy (non-hydrogen) atoms. The average molecular weight is 209 g/mol. The van der Waals surface area contributed by atoms with Crippen LogP contribution in [0.3, 0.4) is 0 Å². The summed E-state index contributed by atoms with van der Waals surface area (Å²) in [6, 6.07) is 0. The Morgan fingerprint density at radius 3 is 2.47 bits per heavy atom. The van der Waals surface area contributed by atoms with Crippen LogP contribution in [0.15, 0.2) is 0 Å². The van der Waals surface area contributed by atoms with Gasteiger partial charge in [0.2, 0.25) is 0 Å². The molecule has 2 N–H and O–H groups in total. The predicted octanol–water partition coefficient (Wildman–Crippen LogP) is 3.72. The molecule has 0 aromatic rings. The van der Waals surface area contributed by atoms with Crippen LogP contribution in [0.25, 0.3) is 0 Å². The van der Waals surface area contributed by atoms with E-state index in [2.05, 4.69) is 13.8 Å². The van der Waals surface area contributed by atoms with E-state index in [9.17, 15) is 0 Å². The average Bonchev–Trinajstić information content (AvgIpc) is 2.23. The maximum Gasteiger partial charge on any atom is 0.0208 e. The predicted molar refractivity (Wildman–Crippen MR) is 65.7 cm³/mol. The van der Waals surface area contributed by atoms with Crippen LogP contribution in [-0.4, -0.2) is 5.54 Å². The molecule has 0 bridgehead atoms. The van der Waals surface area contributed by atoms with E-state index >= 15 is 0 Å². The normalized spacial score (nSPS) is 47.8. The van der Waals surface area contributed by atoms with E-state index in [1.165, 1.54) is 51.4 Å². The fraction of sp³-hybridized carbons (Fsp3) is 1.00. The van der Waals surface area contributed by atoms with Crippen molar-refractivity contribution in [3.8, 4) is 0 Å². The Hall–Kier alpha value is -0.0400. The van der Waals surface area contributed by atoms with Crippen molar-refractivity contribution >= 4 is 0 Å². The van der Waals surface area contributed by atoms with Crippen LogP contribution in [0.1, 0.15) is 65.2 Å². The summed E-state index contributed by atoms with van der Waals surface area (Å²) in [5.74, 6) is 2.48. The zero-order valence-corrected chi connectivity index (χ0v) is 10.5. The lowest BCUT2D eigenvalue weighted by Gasteiger charge is -2.48. The van der Waals surface area contributed by atoms with Gasteiger partial charge in [-0.05, 0) is 43.4 Å². The second-order valence-electron chi connectivity index (χ2n) is 6.23. The molecule has 1 heteroatoms. The zero-order chi connectivity index (χ0) is 10.9. The van der Waals surface area contributed by atoms with Gasteiger partial charge in [-0.1, -0.05) is 39.5 Å². The van der Waals surface area contributed by atoms with Gasteiger partial charge < -0.3 is 5.73 Å². The van der Waals surface area contributed by atoms with Crippen molar-refractivity contribution in [1.82, 2.24) is 0 Å². The highest BCUT2D eigenvalue weighted by Crippen LogP contribution is 2.44. The van der Waals surface area contributed by atoms with Crippen molar-refractivity contribution in [3.63, 3.8) is 0 Å². The zero-order valence-electron chi connectivity index (χ0n) is 10.5. The van der Waals surface area contributed by atoms with E-state index in [-0.39, 0.29) is 5.54 Å². The van der Waals surface area contributed by atoms with Crippen LogP contribution in [0, 0.1) is 17.8 Å². The minimum absolute atomic E-state index is 0.187. The first-order chi connectivity index (χ1) is 7.13. The van der Waals surface area contributed by atoms with E-state index in [4.69, 9.17) is 5.73 Å². The molecule has 2 aliphatic carbocycles. The molecule has 0 saturated heterocycles. The highest BCUT2D eigenvalue weighted by atomic mass is 14.8. The van der Waals surface area contributed by atoms with Crippen LogP contribution in [0.4, 0.5) is 0 Å². The smallest absolute Gasteiger partial charge is 0.0208 e. The summed E-state index contributed by atoms with van der Waals surface area (Å²) < 4.78 is 0. The van der Waals surface area contributed by atoms with E-state index in [0.29, 0.717) is 0 Å². The Labute approximate surface area is 94.8 Å². The Kier molecular flexibility index (Phi) is 3.39. The molecule has 88 valence electrons. The Bertz CT molecular complexity index is 213. The third-order valence-electron chi connectivity index (χ3n) is 5.11. The lowest BCUT2D eigenvalue weighted by molar-refractivity contribution is 0.0842. The number of rotatable bonds is 1. The second-order valence-corrected chi connectivity index (χ2v) is 6.23. The van der Waals surface area contributed by atoms with Crippen molar-refractivity contribution in [3.05, 3.63) is 0 Å². The van der Waals surface area contributed by atoms with Gasteiger partial charge in [-0.25, -0.2) is 0 Å². The first-order valence-electron chi connectivity index (χ1n) is 6.92. The van der Waals surface area contributed by atoms with Gasteiger partial charge in [-0.3, -0.25) is 0 Å². The van der Waals surface area contributed by atoms with Gasteiger partial charge in [0, 0.05) is 5.54 Å². The number of nitrogens with two attached hydrogens (primary N) is 1. The van der Waals surface area contributed by atoms with Crippen molar-refractivity contribution in [2.75, 3.05) is 0 Å². The fourth-order valence-corrected chi connectivity index (χ4v) is 3.93. The summed E-state index contributed by atoms with van der Waals surface area (Å²) in [7, 11) is 0. The second kappa shape index (κ2) is 4.45. The number of hydrogen-bond acceptors (Lipinski definition) is 1. The van der Waals surface area contributed by atoms with E-state index in [1.54, 1.807) is 0 Å². The summed E-state index contributed by atoms with van der Waals surface area (Å²) in [5, 5.41) is 0. The third kappa shape index (κ3) is 2.22. The molecule has 0 spiro atoms. The first kappa shape index (κ1) is 11.4. The molecule has 2 aliphatic rings. The molecule has 0 aromatic carbocycles. The Morgan fingerprint density at radius 1 is 1.00 bits per heavy atom. The minimum atomic E-state index is 0.187. The van der Waals surface area contributed by atoms with E-state index < -0.39 is 0 Å². The minimum Gasteiger partial charge on any atom is -0.325 e. The SMILES string of the molecule is CC1CCCC(C2(N)CCCCC2C)C1. The summed E-state index contributed by atoms with van der Waals surface area (Å²) >= 11 is 0. The van der Waals surface area contributed by atoms with Crippen LogP contribution in [-0.2, 0) is 0 Å². The fourth-order valence-electron chi connectivity index (χ4n) is 3.93. The molecular weight excluding hydrogens is 182 g/mol. The van der Waals surface area contributed by atoms with Gasteiger partial charge in [-0.15, -0.1) is 0 Å². The highest BCUT2D eigenvalue weighted by Gasteiger charge is 2.42. The van der Waals surface area contributed by atoms with Crippen molar-refractivity contribution in [1.29, 1.82) is 0 Å².